The van der Waals surface area contributed by atoms with Crippen molar-refractivity contribution >= 4 is 29.1 Å². The number of aromatic nitrogens is 1. The van der Waals surface area contributed by atoms with Crippen molar-refractivity contribution in [3.05, 3.63) is 23.0 Å². The van der Waals surface area contributed by atoms with E-state index in [1.165, 1.54) is 17.2 Å². The van der Waals surface area contributed by atoms with Crippen molar-refractivity contribution in [3.8, 4) is 0 Å². The number of rotatable bonds is 4. The fourth-order valence-electron chi connectivity index (χ4n) is 1.46. The zero-order chi connectivity index (χ0) is 14.6. The first-order valence-corrected chi connectivity index (χ1v) is 6.21. The van der Waals surface area contributed by atoms with Crippen LogP contribution in [0, 0.1) is 0 Å². The van der Waals surface area contributed by atoms with E-state index in [1.807, 2.05) is 6.92 Å². The van der Waals surface area contributed by atoms with Gasteiger partial charge < -0.3 is 16.0 Å². The number of likely N-dealkylation sites (N-methyl/N-ethyl adjacent to an activating group) is 1. The minimum atomic E-state index is -0.635. The first kappa shape index (κ1) is 15.2. The predicted molar refractivity (Wildman–Crippen MR) is 73.9 cm³/mol. The van der Waals surface area contributed by atoms with Crippen LogP contribution in [-0.4, -0.2) is 41.3 Å². The minimum Gasteiger partial charge on any atom is -0.397 e. The molecule has 0 aliphatic rings. The topological polar surface area (TPSA) is 88.3 Å². The molecule has 0 aliphatic carbocycles. The molecular weight excluding hydrogens is 268 g/mol. The van der Waals surface area contributed by atoms with Gasteiger partial charge in [0.1, 0.15) is 11.2 Å². The van der Waals surface area contributed by atoms with Crippen molar-refractivity contribution in [1.29, 1.82) is 0 Å². The van der Waals surface area contributed by atoms with Crippen molar-refractivity contribution in [2.24, 2.45) is 0 Å². The van der Waals surface area contributed by atoms with E-state index in [0.29, 0.717) is 6.54 Å². The summed E-state index contributed by atoms with van der Waals surface area (Å²) in [5.41, 5.74) is 6.07. The van der Waals surface area contributed by atoms with E-state index in [4.69, 9.17) is 17.3 Å². The van der Waals surface area contributed by atoms with Gasteiger partial charge in [-0.25, -0.2) is 4.98 Å². The lowest BCUT2D eigenvalue weighted by Gasteiger charge is -2.20. The van der Waals surface area contributed by atoms with E-state index in [1.54, 1.807) is 14.0 Å². The van der Waals surface area contributed by atoms with Crippen molar-refractivity contribution in [2.75, 3.05) is 19.3 Å². The quantitative estimate of drug-likeness (QED) is 0.805. The molecule has 1 unspecified atom stereocenters. The average Bonchev–Trinajstić information content (AvgIpc) is 2.39. The van der Waals surface area contributed by atoms with Gasteiger partial charge in [0.2, 0.25) is 5.91 Å². The number of carbonyl (C=O) groups is 2. The van der Waals surface area contributed by atoms with Crippen LogP contribution in [0.25, 0.3) is 0 Å². The van der Waals surface area contributed by atoms with Crippen LogP contribution in [0.2, 0.25) is 5.15 Å². The highest BCUT2D eigenvalue weighted by Crippen LogP contribution is 2.14. The van der Waals surface area contributed by atoms with Gasteiger partial charge in [0.05, 0.1) is 17.4 Å². The predicted octanol–water partition coefficient (Wildman–Crippen LogP) is 0.914. The number of nitrogens with one attached hydrogen (secondary N) is 1. The van der Waals surface area contributed by atoms with E-state index in [-0.39, 0.29) is 22.3 Å². The number of nitrogens with two attached hydrogens (primary N) is 1. The van der Waals surface area contributed by atoms with Crippen LogP contribution in [0.1, 0.15) is 24.2 Å². The number of hydrogen-bond donors (Lipinski definition) is 2. The second kappa shape index (κ2) is 6.38. The minimum absolute atomic E-state index is 0.170. The monoisotopic (exact) mass is 284 g/mol. The lowest BCUT2D eigenvalue weighted by molar-refractivity contribution is -0.131. The number of nitrogen functional groups attached to an aromatic ring is 1. The molecule has 0 aromatic carbocycles. The summed E-state index contributed by atoms with van der Waals surface area (Å²) in [5, 5.41) is 2.75. The summed E-state index contributed by atoms with van der Waals surface area (Å²) >= 11 is 5.71. The second-order valence-electron chi connectivity index (χ2n) is 4.14. The van der Waals surface area contributed by atoms with Crippen molar-refractivity contribution in [1.82, 2.24) is 15.2 Å². The van der Waals surface area contributed by atoms with Crippen molar-refractivity contribution < 1.29 is 9.59 Å². The highest BCUT2D eigenvalue weighted by atomic mass is 35.5. The number of carbonyl (C=O) groups excluding carboxylic acids is 2. The van der Waals surface area contributed by atoms with Gasteiger partial charge in [0, 0.05) is 13.6 Å². The maximum atomic E-state index is 12.0. The Morgan fingerprint density at radius 3 is 2.79 bits per heavy atom. The van der Waals surface area contributed by atoms with Gasteiger partial charge in [0.15, 0.2) is 0 Å². The number of hydrogen-bond acceptors (Lipinski definition) is 4. The molecule has 0 aliphatic heterocycles. The Morgan fingerprint density at radius 2 is 2.21 bits per heavy atom. The lowest BCUT2D eigenvalue weighted by atomic mass is 10.2. The van der Waals surface area contributed by atoms with Crippen LogP contribution in [0.3, 0.4) is 0 Å². The molecule has 1 atom stereocenters. The van der Waals surface area contributed by atoms with Crippen LogP contribution in [0.5, 0.6) is 0 Å². The van der Waals surface area contributed by atoms with Gasteiger partial charge in [-0.3, -0.25) is 9.59 Å². The summed E-state index contributed by atoms with van der Waals surface area (Å²) in [4.78, 5) is 29.1. The average molecular weight is 285 g/mol. The van der Waals surface area contributed by atoms with Gasteiger partial charge in [-0.2, -0.15) is 0 Å². The van der Waals surface area contributed by atoms with Gasteiger partial charge in [-0.15, -0.1) is 0 Å². The molecule has 0 saturated heterocycles. The first-order chi connectivity index (χ1) is 8.86. The van der Waals surface area contributed by atoms with Gasteiger partial charge in [-0.05, 0) is 19.9 Å². The van der Waals surface area contributed by atoms with Crippen molar-refractivity contribution in [2.45, 2.75) is 19.9 Å². The molecule has 1 heterocycles. The maximum absolute atomic E-state index is 12.0. The summed E-state index contributed by atoms with van der Waals surface area (Å²) in [5.74, 6) is -0.623. The Morgan fingerprint density at radius 1 is 1.58 bits per heavy atom. The number of pyridine rings is 1. The third kappa shape index (κ3) is 3.82. The molecule has 2 amide bonds. The van der Waals surface area contributed by atoms with Crippen LogP contribution in [0.15, 0.2) is 12.3 Å². The summed E-state index contributed by atoms with van der Waals surface area (Å²) in [6.07, 6.45) is 1.31. The SMILES string of the molecule is CCN(C)C(=O)C(C)NC(=O)c1cc(Cl)ncc1N. The number of anilines is 1. The molecule has 6 nitrogen and oxygen atoms in total. The molecule has 0 radical (unpaired) electrons. The fourth-order valence-corrected chi connectivity index (χ4v) is 1.62. The summed E-state index contributed by atoms with van der Waals surface area (Å²) in [6, 6.07) is 0.733. The Bertz CT molecular complexity index is 493. The number of nitrogens with zero attached hydrogens (tertiary/aromatic N) is 2. The molecule has 19 heavy (non-hydrogen) atoms. The molecule has 0 saturated carbocycles. The normalized spacial score (nSPS) is 11.8. The third-order valence-corrected chi connectivity index (χ3v) is 2.92. The lowest BCUT2D eigenvalue weighted by Crippen LogP contribution is -2.45. The number of halogens is 1. The Labute approximate surface area is 116 Å². The molecule has 1 aromatic heterocycles. The third-order valence-electron chi connectivity index (χ3n) is 2.71. The Hall–Kier alpha value is -1.82. The maximum Gasteiger partial charge on any atom is 0.254 e. The van der Waals surface area contributed by atoms with E-state index in [9.17, 15) is 9.59 Å². The molecule has 0 spiro atoms. The van der Waals surface area contributed by atoms with Gasteiger partial charge >= 0.3 is 0 Å². The molecule has 3 N–H and O–H groups in total. The zero-order valence-electron chi connectivity index (χ0n) is 11.1. The Balaban J connectivity index is 2.80. The summed E-state index contributed by atoms with van der Waals surface area (Å²) < 4.78 is 0. The molecule has 0 bridgehead atoms. The fraction of sp³-hybridized carbons (Fsp3) is 0.417. The molecule has 1 rings (SSSR count). The van der Waals surface area contributed by atoms with E-state index in [0.717, 1.165) is 0 Å². The second-order valence-corrected chi connectivity index (χ2v) is 4.53. The number of amides is 2. The molecular formula is C12H17ClN4O2. The van der Waals surface area contributed by atoms with Crippen molar-refractivity contribution in [3.63, 3.8) is 0 Å². The van der Waals surface area contributed by atoms with E-state index in [2.05, 4.69) is 10.3 Å². The largest absolute Gasteiger partial charge is 0.397 e. The van der Waals surface area contributed by atoms with Crippen LogP contribution in [-0.2, 0) is 4.79 Å². The highest BCUT2D eigenvalue weighted by Gasteiger charge is 2.20. The Kier molecular flexibility index (Phi) is 5.11. The first-order valence-electron chi connectivity index (χ1n) is 5.83. The molecule has 7 heteroatoms. The van der Waals surface area contributed by atoms with E-state index >= 15 is 0 Å². The zero-order valence-corrected chi connectivity index (χ0v) is 11.9. The van der Waals surface area contributed by atoms with Crippen LogP contribution >= 0.6 is 11.6 Å². The smallest absolute Gasteiger partial charge is 0.254 e. The summed E-state index contributed by atoms with van der Waals surface area (Å²) in [7, 11) is 1.67. The van der Waals surface area contributed by atoms with Crippen LogP contribution in [0.4, 0.5) is 5.69 Å². The molecule has 1 aromatic rings. The standard InChI is InChI=1S/C12H17ClN4O2/c1-4-17(3)12(19)7(2)16-11(18)8-5-10(13)15-6-9(8)14/h5-7H,4,14H2,1-3H3,(H,16,18). The van der Waals surface area contributed by atoms with E-state index < -0.39 is 11.9 Å². The van der Waals surface area contributed by atoms with Gasteiger partial charge in [0.25, 0.3) is 5.91 Å². The highest BCUT2D eigenvalue weighted by molar-refractivity contribution is 6.29. The molecule has 0 fully saturated rings. The molecule has 104 valence electrons. The van der Waals surface area contributed by atoms with Crippen LogP contribution < -0.4 is 11.1 Å². The summed E-state index contributed by atoms with van der Waals surface area (Å²) in [6.45, 7) is 4.04. The van der Waals surface area contributed by atoms with Gasteiger partial charge in [-0.1, -0.05) is 11.6 Å².